The number of hydrogen-bond donors (Lipinski definition) is 1. The van der Waals surface area contributed by atoms with Gasteiger partial charge in [0.2, 0.25) is 0 Å². The van der Waals surface area contributed by atoms with Crippen molar-refractivity contribution in [2.75, 3.05) is 12.3 Å². The smallest absolute Gasteiger partial charge is 0.254 e. The number of pyridine rings is 2. The number of fused-ring (bicyclic) bond motifs is 1. The zero-order valence-corrected chi connectivity index (χ0v) is 13.8. The van der Waals surface area contributed by atoms with Gasteiger partial charge in [0.15, 0.2) is 0 Å². The molecule has 0 atom stereocenters. The lowest BCUT2D eigenvalue weighted by Crippen LogP contribution is -2.37. The van der Waals surface area contributed by atoms with Gasteiger partial charge in [-0.3, -0.25) is 9.78 Å². The molecule has 0 aromatic carbocycles. The molecule has 1 aliphatic heterocycles. The molecule has 3 aromatic rings. The summed E-state index contributed by atoms with van der Waals surface area (Å²) in [6.07, 6.45) is 5.29. The number of carbonyl (C=O) groups is 1. The van der Waals surface area contributed by atoms with Crippen LogP contribution in [0.5, 0.6) is 0 Å². The zero-order chi connectivity index (χ0) is 18.1. The Balaban J connectivity index is 1.79. The molecule has 4 heterocycles. The van der Waals surface area contributed by atoms with Gasteiger partial charge in [-0.05, 0) is 24.3 Å². The molecular weight excluding hydrogens is 330 g/mol. The third-order valence-corrected chi connectivity index (χ3v) is 4.47. The molecule has 0 fully saturated rings. The molecule has 0 saturated carbocycles. The summed E-state index contributed by atoms with van der Waals surface area (Å²) in [6, 6.07) is 9.02. The van der Waals surface area contributed by atoms with Gasteiger partial charge in [-0.15, -0.1) is 0 Å². The number of hydrogen-bond acceptors (Lipinski definition) is 6. The van der Waals surface area contributed by atoms with E-state index in [1.54, 1.807) is 47.8 Å². The first kappa shape index (κ1) is 15.8. The van der Waals surface area contributed by atoms with Crippen molar-refractivity contribution in [2.45, 2.75) is 13.0 Å². The molecule has 1 amide bonds. The van der Waals surface area contributed by atoms with Crippen LogP contribution in [-0.4, -0.2) is 27.3 Å². The molecule has 0 bridgehead atoms. The normalized spacial score (nSPS) is 13.1. The third kappa shape index (κ3) is 2.58. The fourth-order valence-electron chi connectivity index (χ4n) is 3.24. The molecule has 1 aliphatic rings. The Morgan fingerprint density at radius 1 is 1.31 bits per heavy atom. The number of anilines is 1. The van der Waals surface area contributed by atoms with Crippen LogP contribution in [0.15, 0.2) is 47.3 Å². The molecule has 0 aliphatic carbocycles. The Morgan fingerprint density at radius 2 is 2.12 bits per heavy atom. The maximum absolute atomic E-state index is 12.8. The van der Waals surface area contributed by atoms with Gasteiger partial charge in [0, 0.05) is 48.6 Å². The van der Waals surface area contributed by atoms with Crippen LogP contribution < -0.4 is 5.73 Å². The van der Waals surface area contributed by atoms with E-state index >= 15 is 0 Å². The highest BCUT2D eigenvalue weighted by Crippen LogP contribution is 2.35. The molecule has 7 nitrogen and oxygen atoms in total. The van der Waals surface area contributed by atoms with Crippen LogP contribution in [0.3, 0.4) is 0 Å². The second kappa shape index (κ2) is 6.33. The summed E-state index contributed by atoms with van der Waals surface area (Å²) in [5, 5.41) is 9.55. The summed E-state index contributed by atoms with van der Waals surface area (Å²) >= 11 is 0. The van der Waals surface area contributed by atoms with Gasteiger partial charge in [-0.2, -0.15) is 5.26 Å². The average molecular weight is 345 g/mol. The lowest BCUT2D eigenvalue weighted by molar-refractivity contribution is 0.0733. The molecule has 4 rings (SSSR count). The fourth-order valence-corrected chi connectivity index (χ4v) is 3.24. The largest absolute Gasteiger partial charge is 0.464 e. The van der Waals surface area contributed by atoms with E-state index in [4.69, 9.17) is 10.2 Å². The van der Waals surface area contributed by atoms with Crippen molar-refractivity contribution in [3.05, 3.63) is 65.3 Å². The highest BCUT2D eigenvalue weighted by molar-refractivity contribution is 5.94. The summed E-state index contributed by atoms with van der Waals surface area (Å²) in [7, 11) is 0. The Kier molecular flexibility index (Phi) is 3.86. The Hall–Kier alpha value is -3.66. The van der Waals surface area contributed by atoms with Crippen molar-refractivity contribution in [2.24, 2.45) is 0 Å². The summed E-state index contributed by atoms with van der Waals surface area (Å²) in [5.74, 6) is 0.649. The summed E-state index contributed by atoms with van der Waals surface area (Å²) < 4.78 is 5.52. The fraction of sp³-hybridized carbons (Fsp3) is 0.158. The maximum Gasteiger partial charge on any atom is 0.254 e. The van der Waals surface area contributed by atoms with Gasteiger partial charge in [0.25, 0.3) is 5.91 Å². The lowest BCUT2D eigenvalue weighted by atomic mass is 9.94. The molecule has 26 heavy (non-hydrogen) atoms. The second-order valence-electron chi connectivity index (χ2n) is 5.97. The lowest BCUT2D eigenvalue weighted by Gasteiger charge is -2.30. The first-order chi connectivity index (χ1) is 12.7. The van der Waals surface area contributed by atoms with Crippen LogP contribution in [0.1, 0.15) is 27.2 Å². The Labute approximate surface area is 149 Å². The van der Waals surface area contributed by atoms with E-state index in [1.165, 1.54) is 0 Å². The molecule has 0 spiro atoms. The Morgan fingerprint density at radius 3 is 2.81 bits per heavy atom. The third-order valence-electron chi connectivity index (χ3n) is 4.47. The van der Waals surface area contributed by atoms with E-state index in [2.05, 4.69) is 16.0 Å². The summed E-state index contributed by atoms with van der Waals surface area (Å²) in [6.45, 7) is 0.874. The van der Waals surface area contributed by atoms with Crippen molar-refractivity contribution in [3.8, 4) is 17.4 Å². The van der Waals surface area contributed by atoms with Gasteiger partial charge in [0.1, 0.15) is 23.2 Å². The summed E-state index contributed by atoms with van der Waals surface area (Å²) in [5.41, 5.74) is 9.06. The van der Waals surface area contributed by atoms with E-state index in [0.29, 0.717) is 36.4 Å². The molecule has 2 N–H and O–H groups in total. The van der Waals surface area contributed by atoms with E-state index in [9.17, 15) is 10.1 Å². The predicted molar refractivity (Wildman–Crippen MR) is 93.7 cm³/mol. The molecule has 0 radical (unpaired) electrons. The topological polar surface area (TPSA) is 109 Å². The van der Waals surface area contributed by atoms with Crippen LogP contribution in [0.25, 0.3) is 11.3 Å². The van der Waals surface area contributed by atoms with Crippen LogP contribution in [0.2, 0.25) is 0 Å². The monoisotopic (exact) mass is 345 g/mol. The van der Waals surface area contributed by atoms with Crippen LogP contribution in [-0.2, 0) is 13.0 Å². The maximum atomic E-state index is 12.8. The molecule has 3 aromatic heterocycles. The Bertz CT molecular complexity index is 1010. The van der Waals surface area contributed by atoms with Crippen LogP contribution >= 0.6 is 0 Å². The minimum atomic E-state index is -0.0845. The van der Waals surface area contributed by atoms with E-state index < -0.39 is 0 Å². The van der Waals surface area contributed by atoms with Crippen molar-refractivity contribution in [1.29, 1.82) is 5.26 Å². The number of nitrogens with zero attached hydrogens (tertiary/aromatic N) is 4. The second-order valence-corrected chi connectivity index (χ2v) is 5.97. The zero-order valence-electron chi connectivity index (χ0n) is 13.8. The van der Waals surface area contributed by atoms with Crippen molar-refractivity contribution >= 4 is 11.7 Å². The van der Waals surface area contributed by atoms with Crippen molar-refractivity contribution in [3.63, 3.8) is 0 Å². The number of rotatable bonds is 2. The van der Waals surface area contributed by atoms with Crippen LogP contribution in [0.4, 0.5) is 5.82 Å². The van der Waals surface area contributed by atoms with Gasteiger partial charge >= 0.3 is 0 Å². The highest BCUT2D eigenvalue weighted by Gasteiger charge is 2.28. The number of carbonyl (C=O) groups excluding carboxylic acids is 1. The molecule has 0 saturated heterocycles. The number of furan rings is 1. The number of amides is 1. The number of aromatic nitrogens is 2. The van der Waals surface area contributed by atoms with Gasteiger partial charge in [-0.1, -0.05) is 0 Å². The standard InChI is InChI=1S/C19H15N5O2/c20-10-13-17(16-2-1-9-26-16)14-11-24(8-5-15(14)23-18(13)21)19(25)12-3-6-22-7-4-12/h1-4,6-7,9H,5,8,11H2,(H2,21,23). The first-order valence-electron chi connectivity index (χ1n) is 8.13. The molecule has 7 heteroatoms. The van der Waals surface area contributed by atoms with Gasteiger partial charge in [0.05, 0.1) is 12.0 Å². The summed E-state index contributed by atoms with van der Waals surface area (Å²) in [4.78, 5) is 22.9. The number of nitriles is 1. The van der Waals surface area contributed by atoms with Crippen molar-refractivity contribution in [1.82, 2.24) is 14.9 Å². The van der Waals surface area contributed by atoms with E-state index in [1.807, 2.05) is 0 Å². The molecule has 128 valence electrons. The number of nitrogen functional groups attached to an aromatic ring is 1. The van der Waals surface area contributed by atoms with Crippen LogP contribution in [0, 0.1) is 11.3 Å². The minimum absolute atomic E-state index is 0.0845. The highest BCUT2D eigenvalue weighted by atomic mass is 16.3. The van der Waals surface area contributed by atoms with E-state index in [-0.39, 0.29) is 17.3 Å². The van der Waals surface area contributed by atoms with Gasteiger partial charge in [-0.25, -0.2) is 4.98 Å². The molecule has 0 unspecified atom stereocenters. The predicted octanol–water partition coefficient (Wildman–Crippen LogP) is 2.39. The van der Waals surface area contributed by atoms with E-state index in [0.717, 1.165) is 11.3 Å². The van der Waals surface area contributed by atoms with Crippen molar-refractivity contribution < 1.29 is 9.21 Å². The average Bonchev–Trinajstić information content (AvgIpc) is 3.21. The van der Waals surface area contributed by atoms with Gasteiger partial charge < -0.3 is 15.1 Å². The molecular formula is C19H15N5O2. The number of nitrogens with two attached hydrogens (primary N) is 1. The first-order valence-corrected chi connectivity index (χ1v) is 8.13. The SMILES string of the molecule is N#Cc1c(N)nc2c(c1-c1ccco1)CN(C(=O)c1ccncc1)CC2. The quantitative estimate of drug-likeness (QED) is 0.764. The minimum Gasteiger partial charge on any atom is -0.464 e.